The Hall–Kier alpha value is -1.11. The quantitative estimate of drug-likeness (QED) is 0.748. The molecule has 0 aliphatic heterocycles. The Morgan fingerprint density at radius 2 is 1.93 bits per heavy atom. The predicted molar refractivity (Wildman–Crippen MR) is 40.9 cm³/mol. The Kier molecular flexibility index (Phi) is 3.33. The second-order valence-electron chi connectivity index (χ2n) is 2.38. The number of aromatic nitrogens is 1. The lowest BCUT2D eigenvalue weighted by atomic mass is 10.2. The molecule has 0 amide bonds. The molecule has 0 saturated heterocycles. The maximum absolute atomic E-state index is 12.3. The van der Waals surface area contributed by atoms with Gasteiger partial charge in [0.15, 0.2) is 0 Å². The van der Waals surface area contributed by atoms with Gasteiger partial charge in [-0.1, -0.05) is 11.6 Å². The van der Waals surface area contributed by atoms with Crippen molar-refractivity contribution in [1.29, 1.82) is 0 Å². The zero-order valence-electron chi connectivity index (χ0n) is 6.86. The molecule has 0 saturated carbocycles. The highest BCUT2D eigenvalue weighted by Gasteiger charge is 2.36. The summed E-state index contributed by atoms with van der Waals surface area (Å²) in [5, 5.41) is -0.316. The molecule has 1 aromatic heterocycles. The van der Waals surface area contributed by atoms with Crippen molar-refractivity contribution in [1.82, 2.24) is 4.98 Å². The monoisotopic (exact) mass is 247 g/mol. The maximum atomic E-state index is 12.3. The molecule has 1 rings (SSSR count). The minimum atomic E-state index is -4.85. The van der Waals surface area contributed by atoms with Crippen molar-refractivity contribution >= 4 is 11.6 Å². The first-order valence-electron chi connectivity index (χ1n) is 3.48. The molecule has 0 atom stereocenters. The molecule has 0 N–H and O–H groups in total. The summed E-state index contributed by atoms with van der Waals surface area (Å²) in [5.74, 6) is -1.19. The number of hydrogen-bond donors (Lipinski definition) is 0. The highest BCUT2D eigenvalue weighted by atomic mass is 35.5. The van der Waals surface area contributed by atoms with Crippen molar-refractivity contribution in [2.45, 2.75) is 12.8 Å². The van der Waals surface area contributed by atoms with Crippen molar-refractivity contribution in [2.75, 3.05) is 0 Å². The molecule has 0 unspecified atom stereocenters. The molecule has 84 valence electrons. The van der Waals surface area contributed by atoms with Crippen LogP contribution in [0.4, 0.5) is 22.0 Å². The van der Waals surface area contributed by atoms with Gasteiger partial charge in [-0.3, -0.25) is 0 Å². The van der Waals surface area contributed by atoms with Gasteiger partial charge in [0.25, 0.3) is 0 Å². The normalized spacial score (nSPS) is 11.9. The number of ether oxygens (including phenoxy) is 1. The summed E-state index contributed by atoms with van der Waals surface area (Å²) in [6.07, 6.45) is -4.06. The van der Waals surface area contributed by atoms with Crippen LogP contribution in [0.1, 0.15) is 5.56 Å². The molecule has 0 aliphatic rings. The Bertz CT molecular complexity index is 354. The number of rotatable bonds is 2. The lowest BCUT2D eigenvalue weighted by Gasteiger charge is -2.11. The van der Waals surface area contributed by atoms with Gasteiger partial charge in [-0.05, 0) is 6.07 Å². The third kappa shape index (κ3) is 3.19. The van der Waals surface area contributed by atoms with Crippen LogP contribution in [0.5, 0.6) is 5.88 Å². The van der Waals surface area contributed by atoms with Crippen LogP contribution in [0, 0.1) is 0 Å². The van der Waals surface area contributed by atoms with E-state index in [0.717, 1.165) is 6.20 Å². The first kappa shape index (κ1) is 12.0. The van der Waals surface area contributed by atoms with Crippen LogP contribution in [-0.2, 0) is 6.18 Å². The second kappa shape index (κ2) is 4.18. The number of halogens is 6. The topological polar surface area (TPSA) is 22.1 Å². The summed E-state index contributed by atoms with van der Waals surface area (Å²) in [6.45, 7) is -3.38. The van der Waals surface area contributed by atoms with E-state index in [2.05, 4.69) is 9.72 Å². The van der Waals surface area contributed by atoms with Crippen LogP contribution in [0.3, 0.4) is 0 Å². The lowest BCUT2D eigenvalue weighted by molar-refractivity contribution is -0.142. The number of nitrogens with zero attached hydrogens (tertiary/aromatic N) is 1. The summed E-state index contributed by atoms with van der Waals surface area (Å²) in [4.78, 5) is 3.03. The first-order valence-corrected chi connectivity index (χ1v) is 3.86. The number of alkyl halides is 5. The third-order valence-electron chi connectivity index (χ3n) is 1.32. The average Bonchev–Trinajstić information content (AvgIpc) is 2.05. The molecular weight excluding hydrogens is 245 g/mol. The van der Waals surface area contributed by atoms with Crippen molar-refractivity contribution in [2.24, 2.45) is 0 Å². The Morgan fingerprint density at radius 1 is 1.33 bits per heavy atom. The highest BCUT2D eigenvalue weighted by Crippen LogP contribution is 2.36. The van der Waals surface area contributed by atoms with Crippen molar-refractivity contribution in [3.63, 3.8) is 0 Å². The van der Waals surface area contributed by atoms with E-state index in [9.17, 15) is 22.0 Å². The van der Waals surface area contributed by atoms with Crippen LogP contribution < -0.4 is 4.74 Å². The fourth-order valence-electron chi connectivity index (χ4n) is 0.808. The van der Waals surface area contributed by atoms with Gasteiger partial charge < -0.3 is 4.74 Å². The van der Waals surface area contributed by atoms with E-state index in [-0.39, 0.29) is 5.02 Å². The van der Waals surface area contributed by atoms with Gasteiger partial charge in [0.1, 0.15) is 5.56 Å². The zero-order valence-corrected chi connectivity index (χ0v) is 7.61. The van der Waals surface area contributed by atoms with E-state index in [1.165, 1.54) is 0 Å². The fraction of sp³-hybridized carbons (Fsp3) is 0.286. The van der Waals surface area contributed by atoms with Gasteiger partial charge in [-0.25, -0.2) is 4.98 Å². The summed E-state index contributed by atoms with van der Waals surface area (Å²) < 4.78 is 63.8. The third-order valence-corrected chi connectivity index (χ3v) is 1.53. The van der Waals surface area contributed by atoms with Gasteiger partial charge in [0.05, 0.1) is 5.02 Å². The number of pyridine rings is 1. The van der Waals surface area contributed by atoms with E-state index in [1.54, 1.807) is 0 Å². The van der Waals surface area contributed by atoms with E-state index in [0.29, 0.717) is 6.07 Å². The lowest BCUT2D eigenvalue weighted by Crippen LogP contribution is -2.12. The van der Waals surface area contributed by atoms with Gasteiger partial charge in [0, 0.05) is 6.20 Å². The molecule has 8 heteroatoms. The summed E-state index contributed by atoms with van der Waals surface area (Å²) in [6, 6.07) is 0.465. The molecule has 0 bridgehead atoms. The molecule has 0 radical (unpaired) electrons. The smallest absolute Gasteiger partial charge is 0.416 e. The van der Waals surface area contributed by atoms with Crippen LogP contribution in [0.2, 0.25) is 5.02 Å². The second-order valence-corrected chi connectivity index (χ2v) is 2.82. The molecule has 2 nitrogen and oxygen atoms in total. The molecule has 1 heterocycles. The van der Waals surface area contributed by atoms with E-state index >= 15 is 0 Å². The molecule has 0 fully saturated rings. The molecule has 0 spiro atoms. The number of hydrogen-bond acceptors (Lipinski definition) is 2. The van der Waals surface area contributed by atoms with Gasteiger partial charge in [0.2, 0.25) is 5.88 Å². The van der Waals surface area contributed by atoms with Crippen LogP contribution >= 0.6 is 11.6 Å². The molecule has 0 aliphatic carbocycles. The van der Waals surface area contributed by atoms with E-state index < -0.39 is 24.2 Å². The molecule has 15 heavy (non-hydrogen) atoms. The Balaban J connectivity index is 3.15. The molecule has 0 aromatic carbocycles. The van der Waals surface area contributed by atoms with Crippen molar-refractivity contribution < 1.29 is 26.7 Å². The van der Waals surface area contributed by atoms with Crippen molar-refractivity contribution in [3.05, 3.63) is 22.8 Å². The highest BCUT2D eigenvalue weighted by molar-refractivity contribution is 6.30. The average molecular weight is 248 g/mol. The van der Waals surface area contributed by atoms with Crippen molar-refractivity contribution in [3.8, 4) is 5.88 Å². The zero-order chi connectivity index (χ0) is 11.6. The minimum Gasteiger partial charge on any atom is -0.416 e. The standard InChI is InChI=1S/C7H3ClF5NO/c8-3-1-4(7(11,12)13)5(14-2-3)15-6(9)10/h1-2,6H. The SMILES string of the molecule is FC(F)Oc1ncc(Cl)cc1C(F)(F)F. The molecular formula is C7H3ClF5NO. The summed E-state index contributed by atoms with van der Waals surface area (Å²) in [5.41, 5.74) is -1.43. The minimum absolute atomic E-state index is 0.316. The Labute approximate surface area is 85.6 Å². The summed E-state index contributed by atoms with van der Waals surface area (Å²) in [7, 11) is 0. The first-order chi connectivity index (χ1) is 6.80. The summed E-state index contributed by atoms with van der Waals surface area (Å²) >= 11 is 5.25. The predicted octanol–water partition coefficient (Wildman–Crippen LogP) is 3.36. The van der Waals surface area contributed by atoms with Gasteiger partial charge in [-0.15, -0.1) is 0 Å². The largest absolute Gasteiger partial charge is 0.421 e. The van der Waals surface area contributed by atoms with Gasteiger partial charge >= 0.3 is 12.8 Å². The van der Waals surface area contributed by atoms with E-state index in [4.69, 9.17) is 11.6 Å². The maximum Gasteiger partial charge on any atom is 0.421 e. The van der Waals surface area contributed by atoms with Crippen LogP contribution in [0.15, 0.2) is 12.3 Å². The Morgan fingerprint density at radius 3 is 2.40 bits per heavy atom. The van der Waals surface area contributed by atoms with E-state index in [1.807, 2.05) is 0 Å². The van der Waals surface area contributed by atoms with Crippen LogP contribution in [0.25, 0.3) is 0 Å². The fourth-order valence-corrected chi connectivity index (χ4v) is 0.966. The van der Waals surface area contributed by atoms with Crippen LogP contribution in [-0.4, -0.2) is 11.6 Å². The molecule has 1 aromatic rings. The van der Waals surface area contributed by atoms with Gasteiger partial charge in [-0.2, -0.15) is 22.0 Å².